The highest BCUT2D eigenvalue weighted by Crippen LogP contribution is 2.01. The number of rotatable bonds is 4. The summed E-state index contributed by atoms with van der Waals surface area (Å²) in [5.74, 6) is 6.14. The summed E-state index contributed by atoms with van der Waals surface area (Å²) in [6, 6.07) is 10.4. The molecule has 0 saturated carbocycles. The topological polar surface area (TPSA) is 12.5 Å². The van der Waals surface area contributed by atoms with Crippen molar-refractivity contribution in [2.45, 2.75) is 19.6 Å². The van der Waals surface area contributed by atoms with E-state index in [-0.39, 0.29) is 6.10 Å². The van der Waals surface area contributed by atoms with Crippen molar-refractivity contribution >= 4 is 0 Å². The normalized spacial score (nSPS) is 12.0. The van der Waals surface area contributed by atoms with Crippen molar-refractivity contribution in [3.05, 3.63) is 35.9 Å². The Labute approximate surface area is 98.2 Å². The third kappa shape index (κ3) is 4.97. The Balaban J connectivity index is 2.36. The van der Waals surface area contributed by atoms with Gasteiger partial charge in [-0.05, 0) is 19.5 Å². The predicted octanol–water partition coefficient (Wildman–Crippen LogP) is 2.16. The second-order valence-electron chi connectivity index (χ2n) is 3.86. The van der Waals surface area contributed by atoms with E-state index in [9.17, 15) is 0 Å². The van der Waals surface area contributed by atoms with Gasteiger partial charge in [0.05, 0.1) is 6.54 Å². The molecule has 0 aliphatic rings. The van der Waals surface area contributed by atoms with Gasteiger partial charge in [-0.2, -0.15) is 0 Å². The first-order chi connectivity index (χ1) is 7.72. The van der Waals surface area contributed by atoms with Crippen LogP contribution in [0, 0.1) is 11.8 Å². The molecule has 0 saturated heterocycles. The van der Waals surface area contributed by atoms with Crippen LogP contribution in [-0.2, 0) is 11.3 Å². The molecule has 1 rings (SSSR count). The largest absolute Gasteiger partial charge is 0.369 e. The van der Waals surface area contributed by atoms with Crippen LogP contribution in [0.15, 0.2) is 30.3 Å². The summed E-state index contributed by atoms with van der Waals surface area (Å²) in [5.41, 5.74) is 1.31. The maximum Gasteiger partial charge on any atom is 0.115 e. The lowest BCUT2D eigenvalue weighted by Gasteiger charge is -2.12. The molecule has 0 N–H and O–H groups in total. The van der Waals surface area contributed by atoms with E-state index in [0.29, 0.717) is 0 Å². The SMILES string of the molecule is COC(C)C#CCN(C)Cc1ccccc1. The zero-order chi connectivity index (χ0) is 11.8. The van der Waals surface area contributed by atoms with E-state index >= 15 is 0 Å². The van der Waals surface area contributed by atoms with Gasteiger partial charge in [0.2, 0.25) is 0 Å². The van der Waals surface area contributed by atoms with Crippen LogP contribution in [0.2, 0.25) is 0 Å². The molecule has 0 spiro atoms. The van der Waals surface area contributed by atoms with Gasteiger partial charge in [0, 0.05) is 13.7 Å². The molecule has 1 aromatic rings. The van der Waals surface area contributed by atoms with Gasteiger partial charge in [0.25, 0.3) is 0 Å². The maximum absolute atomic E-state index is 5.06. The highest BCUT2D eigenvalue weighted by molar-refractivity contribution is 5.15. The lowest BCUT2D eigenvalue weighted by Crippen LogP contribution is -2.18. The van der Waals surface area contributed by atoms with Crippen LogP contribution in [0.4, 0.5) is 0 Å². The van der Waals surface area contributed by atoms with Crippen molar-refractivity contribution in [1.29, 1.82) is 0 Å². The fourth-order valence-electron chi connectivity index (χ4n) is 1.33. The Hall–Kier alpha value is -1.30. The molecule has 0 fully saturated rings. The zero-order valence-corrected chi connectivity index (χ0v) is 10.2. The molecule has 16 heavy (non-hydrogen) atoms. The van der Waals surface area contributed by atoms with E-state index in [0.717, 1.165) is 13.1 Å². The minimum absolute atomic E-state index is 0.0186. The Morgan fingerprint density at radius 3 is 2.62 bits per heavy atom. The third-order valence-corrected chi connectivity index (χ3v) is 2.30. The first-order valence-corrected chi connectivity index (χ1v) is 5.46. The van der Waals surface area contributed by atoms with Crippen LogP contribution in [0.1, 0.15) is 12.5 Å². The molecule has 0 heterocycles. The highest BCUT2D eigenvalue weighted by atomic mass is 16.5. The van der Waals surface area contributed by atoms with Gasteiger partial charge < -0.3 is 4.74 Å². The van der Waals surface area contributed by atoms with Gasteiger partial charge in [-0.3, -0.25) is 4.90 Å². The molecule has 0 aliphatic heterocycles. The monoisotopic (exact) mass is 217 g/mol. The Bertz CT molecular complexity index is 350. The standard InChI is InChI=1S/C14H19NO/c1-13(16-3)8-7-11-15(2)12-14-9-5-4-6-10-14/h4-6,9-10,13H,11-12H2,1-3H3. The second kappa shape index (κ2) is 7.05. The Morgan fingerprint density at radius 1 is 1.31 bits per heavy atom. The number of ether oxygens (including phenoxy) is 1. The van der Waals surface area contributed by atoms with Gasteiger partial charge >= 0.3 is 0 Å². The van der Waals surface area contributed by atoms with Crippen molar-refractivity contribution < 1.29 is 4.74 Å². The molecule has 1 unspecified atom stereocenters. The summed E-state index contributed by atoms with van der Waals surface area (Å²) >= 11 is 0. The predicted molar refractivity (Wildman–Crippen MR) is 67.0 cm³/mol. The summed E-state index contributed by atoms with van der Waals surface area (Å²) < 4.78 is 5.06. The van der Waals surface area contributed by atoms with Gasteiger partial charge in [0.1, 0.15) is 6.10 Å². The maximum atomic E-state index is 5.06. The molecule has 2 heteroatoms. The van der Waals surface area contributed by atoms with Crippen LogP contribution < -0.4 is 0 Å². The molecule has 1 atom stereocenters. The average molecular weight is 217 g/mol. The zero-order valence-electron chi connectivity index (χ0n) is 10.2. The molecule has 86 valence electrons. The highest BCUT2D eigenvalue weighted by Gasteiger charge is 1.97. The smallest absolute Gasteiger partial charge is 0.115 e. The Kier molecular flexibility index (Phi) is 5.63. The molecule has 0 aromatic heterocycles. The Morgan fingerprint density at radius 2 is 2.00 bits per heavy atom. The van der Waals surface area contributed by atoms with Crippen LogP contribution >= 0.6 is 0 Å². The number of hydrogen-bond acceptors (Lipinski definition) is 2. The molecule has 0 bridgehead atoms. The van der Waals surface area contributed by atoms with E-state index in [2.05, 4.69) is 48.1 Å². The summed E-state index contributed by atoms with van der Waals surface area (Å²) in [4.78, 5) is 2.19. The van der Waals surface area contributed by atoms with E-state index in [1.54, 1.807) is 7.11 Å². The van der Waals surface area contributed by atoms with E-state index < -0.39 is 0 Å². The summed E-state index contributed by atoms with van der Waals surface area (Å²) in [6.07, 6.45) is 0.0186. The molecular formula is C14H19NO. The first-order valence-electron chi connectivity index (χ1n) is 5.46. The van der Waals surface area contributed by atoms with Crippen molar-refractivity contribution in [2.75, 3.05) is 20.7 Å². The molecular weight excluding hydrogens is 198 g/mol. The average Bonchev–Trinajstić information content (AvgIpc) is 2.30. The van der Waals surface area contributed by atoms with Gasteiger partial charge in [-0.1, -0.05) is 42.2 Å². The second-order valence-corrected chi connectivity index (χ2v) is 3.86. The minimum Gasteiger partial charge on any atom is -0.369 e. The third-order valence-electron chi connectivity index (χ3n) is 2.30. The summed E-state index contributed by atoms with van der Waals surface area (Å²) in [5, 5.41) is 0. The minimum atomic E-state index is 0.0186. The molecule has 2 nitrogen and oxygen atoms in total. The lowest BCUT2D eigenvalue weighted by atomic mass is 10.2. The van der Waals surface area contributed by atoms with E-state index in [4.69, 9.17) is 4.74 Å². The summed E-state index contributed by atoms with van der Waals surface area (Å²) in [6.45, 7) is 3.64. The van der Waals surface area contributed by atoms with Crippen LogP contribution in [0.5, 0.6) is 0 Å². The number of benzene rings is 1. The van der Waals surface area contributed by atoms with Crippen molar-refractivity contribution in [3.8, 4) is 11.8 Å². The van der Waals surface area contributed by atoms with Crippen molar-refractivity contribution in [2.24, 2.45) is 0 Å². The van der Waals surface area contributed by atoms with Gasteiger partial charge in [-0.15, -0.1) is 0 Å². The fourth-order valence-corrected chi connectivity index (χ4v) is 1.33. The van der Waals surface area contributed by atoms with Crippen LogP contribution in [0.3, 0.4) is 0 Å². The van der Waals surface area contributed by atoms with E-state index in [1.165, 1.54) is 5.56 Å². The number of hydrogen-bond donors (Lipinski definition) is 0. The fraction of sp³-hybridized carbons (Fsp3) is 0.429. The van der Waals surface area contributed by atoms with Crippen LogP contribution in [-0.4, -0.2) is 31.7 Å². The number of methoxy groups -OCH3 is 1. The first kappa shape index (κ1) is 12.8. The molecule has 1 aromatic carbocycles. The van der Waals surface area contributed by atoms with Crippen molar-refractivity contribution in [3.63, 3.8) is 0 Å². The van der Waals surface area contributed by atoms with Crippen molar-refractivity contribution in [1.82, 2.24) is 4.90 Å². The quantitative estimate of drug-likeness (QED) is 0.717. The van der Waals surface area contributed by atoms with Gasteiger partial charge in [-0.25, -0.2) is 0 Å². The molecule has 0 amide bonds. The van der Waals surface area contributed by atoms with E-state index in [1.807, 2.05) is 13.0 Å². The lowest BCUT2D eigenvalue weighted by molar-refractivity contribution is 0.163. The molecule has 0 aliphatic carbocycles. The summed E-state index contributed by atoms with van der Waals surface area (Å²) in [7, 11) is 3.74. The molecule has 0 radical (unpaired) electrons. The number of nitrogens with zero attached hydrogens (tertiary/aromatic N) is 1. The van der Waals surface area contributed by atoms with Gasteiger partial charge in [0.15, 0.2) is 0 Å². The van der Waals surface area contributed by atoms with Crippen LogP contribution in [0.25, 0.3) is 0 Å².